The van der Waals surface area contributed by atoms with Gasteiger partial charge in [0.1, 0.15) is 0 Å². The van der Waals surface area contributed by atoms with Crippen LogP contribution in [0.5, 0.6) is 0 Å². The summed E-state index contributed by atoms with van der Waals surface area (Å²) in [6, 6.07) is 8.08. The lowest BCUT2D eigenvalue weighted by Gasteiger charge is -2.46. The Hall–Kier alpha value is -1.39. The maximum Gasteiger partial charge on any atom is 0.335 e. The first-order valence-electron chi connectivity index (χ1n) is 7.88. The molecule has 0 amide bonds. The number of hydrogen-bond donors (Lipinski definition) is 1. The molecule has 114 valence electrons. The summed E-state index contributed by atoms with van der Waals surface area (Å²) in [6.45, 7) is 4.51. The minimum absolute atomic E-state index is 0.367. The van der Waals surface area contributed by atoms with E-state index in [2.05, 4.69) is 16.8 Å². The Kier molecular flexibility index (Phi) is 4.27. The first-order valence-corrected chi connectivity index (χ1v) is 7.88. The third-order valence-electron chi connectivity index (χ3n) is 5.04. The Balaban J connectivity index is 1.60. The molecule has 2 saturated heterocycles. The van der Waals surface area contributed by atoms with Gasteiger partial charge >= 0.3 is 5.97 Å². The van der Waals surface area contributed by atoms with E-state index in [1.54, 1.807) is 12.1 Å². The predicted octanol–water partition coefficient (Wildman–Crippen LogP) is 2.30. The summed E-state index contributed by atoms with van der Waals surface area (Å²) in [6.07, 6.45) is 3.93. The van der Waals surface area contributed by atoms with Gasteiger partial charge in [0.25, 0.3) is 0 Å². The number of benzene rings is 1. The number of hydrogen-bond acceptors (Lipinski definition) is 3. The van der Waals surface area contributed by atoms with Crippen LogP contribution in [0.2, 0.25) is 0 Å². The Labute approximate surface area is 126 Å². The van der Waals surface area contributed by atoms with Crippen molar-refractivity contribution in [3.63, 3.8) is 0 Å². The fraction of sp³-hybridized carbons (Fsp3) is 0.588. The van der Waals surface area contributed by atoms with Gasteiger partial charge in [-0.3, -0.25) is 4.90 Å². The number of carbonyl (C=O) groups is 1. The van der Waals surface area contributed by atoms with E-state index in [1.165, 1.54) is 37.9 Å². The van der Waals surface area contributed by atoms with Gasteiger partial charge in [-0.25, -0.2) is 4.79 Å². The molecule has 0 spiro atoms. The van der Waals surface area contributed by atoms with Crippen LogP contribution in [0.3, 0.4) is 0 Å². The Morgan fingerprint density at radius 3 is 2.71 bits per heavy atom. The van der Waals surface area contributed by atoms with Crippen LogP contribution >= 0.6 is 0 Å². The Bertz CT molecular complexity index is 500. The van der Waals surface area contributed by atoms with Gasteiger partial charge in [0, 0.05) is 19.1 Å². The van der Waals surface area contributed by atoms with Crippen molar-refractivity contribution in [2.24, 2.45) is 5.92 Å². The molecule has 2 fully saturated rings. The van der Waals surface area contributed by atoms with Crippen LogP contribution < -0.4 is 0 Å². The van der Waals surface area contributed by atoms with E-state index in [-0.39, 0.29) is 0 Å². The number of fused-ring (bicyclic) bond motifs is 1. The van der Waals surface area contributed by atoms with Gasteiger partial charge in [-0.05, 0) is 63.0 Å². The molecule has 0 saturated carbocycles. The molecule has 4 nitrogen and oxygen atoms in total. The molecule has 0 aromatic heterocycles. The predicted molar refractivity (Wildman–Crippen MR) is 82.4 cm³/mol. The topological polar surface area (TPSA) is 43.8 Å². The third kappa shape index (κ3) is 3.27. The maximum atomic E-state index is 10.9. The minimum atomic E-state index is -0.854. The van der Waals surface area contributed by atoms with Crippen molar-refractivity contribution in [1.82, 2.24) is 9.80 Å². The first kappa shape index (κ1) is 14.5. The number of aromatic carboxylic acids is 1. The second-order valence-electron chi connectivity index (χ2n) is 6.48. The lowest BCUT2D eigenvalue weighted by molar-refractivity contribution is 0.0355. The van der Waals surface area contributed by atoms with Crippen LogP contribution in [0, 0.1) is 5.92 Å². The molecule has 0 aliphatic carbocycles. The van der Waals surface area contributed by atoms with Crippen molar-refractivity contribution in [3.8, 4) is 0 Å². The first-order chi connectivity index (χ1) is 10.1. The Morgan fingerprint density at radius 2 is 2.00 bits per heavy atom. The van der Waals surface area contributed by atoms with Crippen molar-refractivity contribution in [3.05, 3.63) is 35.4 Å². The molecule has 2 atom stereocenters. The van der Waals surface area contributed by atoms with Crippen LogP contribution in [-0.4, -0.2) is 53.6 Å². The second-order valence-corrected chi connectivity index (χ2v) is 6.48. The molecule has 2 aliphatic rings. The quantitative estimate of drug-likeness (QED) is 0.927. The van der Waals surface area contributed by atoms with Crippen LogP contribution in [0.4, 0.5) is 0 Å². The van der Waals surface area contributed by atoms with E-state index in [0.717, 1.165) is 25.0 Å². The van der Waals surface area contributed by atoms with Crippen molar-refractivity contribution in [2.45, 2.75) is 31.8 Å². The number of carboxylic acid groups (broad SMARTS) is 1. The van der Waals surface area contributed by atoms with Gasteiger partial charge in [0.15, 0.2) is 0 Å². The highest BCUT2D eigenvalue weighted by molar-refractivity contribution is 5.87. The highest BCUT2D eigenvalue weighted by Gasteiger charge is 2.33. The zero-order chi connectivity index (χ0) is 14.8. The van der Waals surface area contributed by atoms with E-state index < -0.39 is 5.97 Å². The Morgan fingerprint density at radius 1 is 1.24 bits per heavy atom. The zero-order valence-electron chi connectivity index (χ0n) is 12.7. The molecule has 1 N–H and O–H groups in total. The molecular formula is C17H24N2O2. The fourth-order valence-corrected chi connectivity index (χ4v) is 3.88. The monoisotopic (exact) mass is 288 g/mol. The van der Waals surface area contributed by atoms with Gasteiger partial charge < -0.3 is 10.0 Å². The highest BCUT2D eigenvalue weighted by Crippen LogP contribution is 2.30. The molecule has 0 bridgehead atoms. The summed E-state index contributed by atoms with van der Waals surface area (Å²) >= 11 is 0. The number of nitrogens with zero attached hydrogens (tertiary/aromatic N) is 2. The third-order valence-corrected chi connectivity index (χ3v) is 5.04. The zero-order valence-corrected chi connectivity index (χ0v) is 12.7. The molecule has 21 heavy (non-hydrogen) atoms. The molecule has 2 aliphatic heterocycles. The summed E-state index contributed by atoms with van der Waals surface area (Å²) < 4.78 is 0. The van der Waals surface area contributed by atoms with E-state index in [0.29, 0.717) is 5.56 Å². The summed E-state index contributed by atoms with van der Waals surface area (Å²) in [7, 11) is 2.26. The van der Waals surface area contributed by atoms with Gasteiger partial charge in [-0.15, -0.1) is 0 Å². The maximum absolute atomic E-state index is 10.9. The molecule has 4 heteroatoms. The summed E-state index contributed by atoms with van der Waals surface area (Å²) in [5.74, 6) is -0.0524. The number of rotatable bonds is 3. The van der Waals surface area contributed by atoms with Crippen LogP contribution in [0.25, 0.3) is 0 Å². The van der Waals surface area contributed by atoms with E-state index in [9.17, 15) is 4.79 Å². The van der Waals surface area contributed by atoms with Gasteiger partial charge in [0.2, 0.25) is 0 Å². The summed E-state index contributed by atoms with van der Waals surface area (Å²) in [5, 5.41) is 8.94. The van der Waals surface area contributed by atoms with Crippen LogP contribution in [-0.2, 0) is 6.54 Å². The lowest BCUT2D eigenvalue weighted by Crippen LogP contribution is -2.52. The molecule has 0 radical (unpaired) electrons. The van der Waals surface area contributed by atoms with Crippen LogP contribution in [0.15, 0.2) is 24.3 Å². The lowest BCUT2D eigenvalue weighted by atomic mass is 9.84. The molecule has 1 aromatic carbocycles. The van der Waals surface area contributed by atoms with Gasteiger partial charge in [-0.2, -0.15) is 0 Å². The molecule has 2 unspecified atom stereocenters. The largest absolute Gasteiger partial charge is 0.478 e. The fourth-order valence-electron chi connectivity index (χ4n) is 3.88. The molecule has 2 heterocycles. The van der Waals surface area contributed by atoms with Crippen molar-refractivity contribution in [1.29, 1.82) is 0 Å². The summed E-state index contributed by atoms with van der Waals surface area (Å²) in [4.78, 5) is 15.9. The average molecular weight is 288 g/mol. The normalized spacial score (nSPS) is 27.3. The van der Waals surface area contributed by atoms with E-state index in [1.807, 2.05) is 12.1 Å². The smallest absolute Gasteiger partial charge is 0.335 e. The molecule has 3 rings (SSSR count). The summed E-state index contributed by atoms with van der Waals surface area (Å²) in [5.41, 5.74) is 1.58. The van der Waals surface area contributed by atoms with E-state index >= 15 is 0 Å². The van der Waals surface area contributed by atoms with Gasteiger partial charge in [0.05, 0.1) is 5.56 Å². The van der Waals surface area contributed by atoms with Crippen LogP contribution in [0.1, 0.15) is 35.2 Å². The van der Waals surface area contributed by atoms with E-state index in [4.69, 9.17) is 5.11 Å². The standard InChI is InChI=1S/C17H24N2O2/c1-18-9-2-3-15-12-19(10-8-16(15)18)11-13-4-6-14(7-5-13)17(20)21/h4-7,15-16H,2-3,8-12H2,1H3,(H,20,21). The number of carboxylic acids is 1. The van der Waals surface area contributed by atoms with Crippen molar-refractivity contribution < 1.29 is 9.90 Å². The second kappa shape index (κ2) is 6.16. The highest BCUT2D eigenvalue weighted by atomic mass is 16.4. The minimum Gasteiger partial charge on any atom is -0.478 e. The average Bonchev–Trinajstić information content (AvgIpc) is 2.48. The van der Waals surface area contributed by atoms with Crippen molar-refractivity contribution in [2.75, 3.05) is 26.7 Å². The number of likely N-dealkylation sites (tertiary alicyclic amines) is 2. The number of piperidine rings is 2. The molecule has 1 aromatic rings. The molecular weight excluding hydrogens is 264 g/mol. The SMILES string of the molecule is CN1CCCC2CN(Cc3ccc(C(=O)O)cc3)CCC21. The van der Waals surface area contributed by atoms with Crippen molar-refractivity contribution >= 4 is 5.97 Å². The van der Waals surface area contributed by atoms with Gasteiger partial charge in [-0.1, -0.05) is 12.1 Å².